The molecule has 1 aliphatic heterocycles. The fourth-order valence-electron chi connectivity index (χ4n) is 2.10. The van der Waals surface area contributed by atoms with Gasteiger partial charge in [0.15, 0.2) is 0 Å². The zero-order chi connectivity index (χ0) is 12.8. The van der Waals surface area contributed by atoms with Crippen LogP contribution in [0.2, 0.25) is 0 Å². The summed E-state index contributed by atoms with van der Waals surface area (Å²) in [6.07, 6.45) is 7.01. The lowest BCUT2D eigenvalue weighted by Crippen LogP contribution is -2.34. The second-order valence-electron chi connectivity index (χ2n) is 4.49. The summed E-state index contributed by atoms with van der Waals surface area (Å²) in [6.45, 7) is 1.79. The van der Waals surface area contributed by atoms with E-state index in [1.54, 1.807) is 13.2 Å². The molecule has 0 unspecified atom stereocenters. The highest BCUT2D eigenvalue weighted by atomic mass is 16.5. The fraction of sp³-hybridized carbons (Fsp3) is 0.400. The summed E-state index contributed by atoms with van der Waals surface area (Å²) in [4.78, 5) is 13.8. The molecule has 3 nitrogen and oxygen atoms in total. The van der Waals surface area contributed by atoms with Crippen molar-refractivity contribution in [3.8, 4) is 5.75 Å². The maximum absolute atomic E-state index is 11.9. The molecule has 0 aliphatic carbocycles. The molecule has 1 fully saturated rings. The maximum Gasteiger partial charge on any atom is 0.246 e. The predicted octanol–water partition coefficient (Wildman–Crippen LogP) is 2.72. The number of likely N-dealkylation sites (tertiary alicyclic amines) is 1. The third kappa shape index (κ3) is 3.36. The Balaban J connectivity index is 1.94. The van der Waals surface area contributed by atoms with Gasteiger partial charge in [-0.2, -0.15) is 0 Å². The maximum atomic E-state index is 11.9. The minimum atomic E-state index is 0.116. The largest absolute Gasteiger partial charge is 0.497 e. The second kappa shape index (κ2) is 6.24. The van der Waals surface area contributed by atoms with Gasteiger partial charge in [0.2, 0.25) is 5.91 Å². The number of nitrogens with zero attached hydrogens (tertiary/aromatic N) is 1. The van der Waals surface area contributed by atoms with Gasteiger partial charge >= 0.3 is 0 Å². The van der Waals surface area contributed by atoms with Gasteiger partial charge in [-0.05, 0) is 43.0 Å². The van der Waals surface area contributed by atoms with E-state index in [2.05, 4.69) is 0 Å². The summed E-state index contributed by atoms with van der Waals surface area (Å²) in [5.74, 6) is 0.944. The van der Waals surface area contributed by atoms with Gasteiger partial charge in [0.25, 0.3) is 0 Å². The van der Waals surface area contributed by atoms with Crippen LogP contribution in [-0.2, 0) is 4.79 Å². The van der Waals surface area contributed by atoms with Crippen molar-refractivity contribution in [2.24, 2.45) is 0 Å². The van der Waals surface area contributed by atoms with Crippen LogP contribution in [0.1, 0.15) is 24.8 Å². The highest BCUT2D eigenvalue weighted by Crippen LogP contribution is 2.13. The van der Waals surface area contributed by atoms with Gasteiger partial charge in [0.05, 0.1) is 7.11 Å². The number of ether oxygens (including phenoxy) is 1. The van der Waals surface area contributed by atoms with Crippen LogP contribution in [0.25, 0.3) is 6.08 Å². The van der Waals surface area contributed by atoms with E-state index in [4.69, 9.17) is 4.74 Å². The van der Waals surface area contributed by atoms with E-state index in [1.165, 1.54) is 6.42 Å². The summed E-state index contributed by atoms with van der Waals surface area (Å²) in [5, 5.41) is 0. The number of rotatable bonds is 3. The van der Waals surface area contributed by atoms with Gasteiger partial charge < -0.3 is 9.64 Å². The minimum absolute atomic E-state index is 0.116. The van der Waals surface area contributed by atoms with E-state index < -0.39 is 0 Å². The standard InChI is InChI=1S/C15H19NO2/c1-18-14-8-5-13(6-9-14)7-10-15(17)16-11-3-2-4-12-16/h5-10H,2-4,11-12H2,1H3. The average molecular weight is 245 g/mol. The molecule has 1 amide bonds. The lowest BCUT2D eigenvalue weighted by molar-refractivity contribution is -0.126. The van der Waals surface area contributed by atoms with Gasteiger partial charge in [-0.15, -0.1) is 0 Å². The monoisotopic (exact) mass is 245 g/mol. The Morgan fingerprint density at radius 1 is 1.17 bits per heavy atom. The Labute approximate surface area is 108 Å². The normalized spacial score (nSPS) is 15.9. The van der Waals surface area contributed by atoms with E-state index in [1.807, 2.05) is 35.2 Å². The van der Waals surface area contributed by atoms with Crippen LogP contribution >= 0.6 is 0 Å². The minimum Gasteiger partial charge on any atom is -0.497 e. The number of hydrogen-bond donors (Lipinski definition) is 0. The number of carbonyl (C=O) groups excluding carboxylic acids is 1. The molecule has 0 N–H and O–H groups in total. The van der Waals surface area contributed by atoms with Gasteiger partial charge in [0, 0.05) is 19.2 Å². The van der Waals surface area contributed by atoms with Crippen LogP contribution in [0.15, 0.2) is 30.3 Å². The van der Waals surface area contributed by atoms with Crippen LogP contribution in [0, 0.1) is 0 Å². The summed E-state index contributed by atoms with van der Waals surface area (Å²) < 4.78 is 5.09. The molecule has 1 aromatic rings. The number of benzene rings is 1. The van der Waals surface area contributed by atoms with Crippen LogP contribution in [0.3, 0.4) is 0 Å². The van der Waals surface area contributed by atoms with Crippen molar-refractivity contribution in [1.82, 2.24) is 4.90 Å². The second-order valence-corrected chi connectivity index (χ2v) is 4.49. The number of hydrogen-bond acceptors (Lipinski definition) is 2. The van der Waals surface area contributed by atoms with E-state index >= 15 is 0 Å². The van der Waals surface area contributed by atoms with Gasteiger partial charge in [-0.1, -0.05) is 12.1 Å². The van der Waals surface area contributed by atoms with Crippen LogP contribution in [-0.4, -0.2) is 31.0 Å². The number of carbonyl (C=O) groups is 1. The topological polar surface area (TPSA) is 29.5 Å². The number of methoxy groups -OCH3 is 1. The van der Waals surface area contributed by atoms with Crippen LogP contribution < -0.4 is 4.74 Å². The van der Waals surface area contributed by atoms with Crippen molar-refractivity contribution in [1.29, 1.82) is 0 Å². The molecule has 1 aromatic carbocycles. The summed E-state index contributed by atoms with van der Waals surface area (Å²) in [6, 6.07) is 7.67. The highest BCUT2D eigenvalue weighted by molar-refractivity contribution is 5.91. The smallest absolute Gasteiger partial charge is 0.246 e. The Bertz CT molecular complexity index is 417. The third-order valence-electron chi connectivity index (χ3n) is 3.20. The van der Waals surface area contributed by atoms with Crippen LogP contribution in [0.5, 0.6) is 5.75 Å². The molecular formula is C15H19NO2. The quantitative estimate of drug-likeness (QED) is 0.766. The zero-order valence-corrected chi connectivity index (χ0v) is 10.8. The molecule has 1 heterocycles. The lowest BCUT2D eigenvalue weighted by Gasteiger charge is -2.25. The van der Waals surface area contributed by atoms with E-state index in [9.17, 15) is 4.79 Å². The Hall–Kier alpha value is -1.77. The molecule has 0 bridgehead atoms. The molecule has 0 radical (unpaired) electrons. The first kappa shape index (κ1) is 12.7. The number of amides is 1. The summed E-state index contributed by atoms with van der Waals surface area (Å²) in [5.41, 5.74) is 1.01. The fourth-order valence-corrected chi connectivity index (χ4v) is 2.10. The third-order valence-corrected chi connectivity index (χ3v) is 3.20. The molecule has 0 spiro atoms. The molecule has 3 heteroatoms. The lowest BCUT2D eigenvalue weighted by atomic mass is 10.1. The first-order valence-electron chi connectivity index (χ1n) is 6.40. The van der Waals surface area contributed by atoms with Crippen molar-refractivity contribution >= 4 is 12.0 Å². The summed E-state index contributed by atoms with van der Waals surface area (Å²) >= 11 is 0. The Kier molecular flexibility index (Phi) is 4.40. The molecule has 0 saturated carbocycles. The molecule has 0 aromatic heterocycles. The highest BCUT2D eigenvalue weighted by Gasteiger charge is 2.13. The molecule has 1 saturated heterocycles. The Morgan fingerprint density at radius 3 is 2.44 bits per heavy atom. The van der Waals surface area contributed by atoms with Gasteiger partial charge in [-0.3, -0.25) is 4.79 Å². The van der Waals surface area contributed by atoms with E-state index in [0.717, 1.165) is 37.2 Å². The average Bonchev–Trinajstić information content (AvgIpc) is 2.46. The Morgan fingerprint density at radius 2 is 1.83 bits per heavy atom. The molecule has 96 valence electrons. The summed E-state index contributed by atoms with van der Waals surface area (Å²) in [7, 11) is 1.64. The van der Waals surface area contributed by atoms with Crippen molar-refractivity contribution in [2.45, 2.75) is 19.3 Å². The van der Waals surface area contributed by atoms with E-state index in [0.29, 0.717) is 0 Å². The van der Waals surface area contributed by atoms with Crippen molar-refractivity contribution in [2.75, 3.05) is 20.2 Å². The molecule has 1 aliphatic rings. The van der Waals surface area contributed by atoms with Gasteiger partial charge in [0.1, 0.15) is 5.75 Å². The zero-order valence-electron chi connectivity index (χ0n) is 10.8. The molecule has 2 rings (SSSR count). The first-order valence-corrected chi connectivity index (χ1v) is 6.40. The molecule has 0 atom stereocenters. The van der Waals surface area contributed by atoms with Crippen molar-refractivity contribution < 1.29 is 9.53 Å². The first-order chi connectivity index (χ1) is 8.79. The SMILES string of the molecule is COc1ccc(C=CC(=O)N2CCCCC2)cc1. The molecular weight excluding hydrogens is 226 g/mol. The number of piperidine rings is 1. The van der Waals surface area contributed by atoms with Crippen LogP contribution in [0.4, 0.5) is 0 Å². The predicted molar refractivity (Wildman–Crippen MR) is 72.5 cm³/mol. The van der Waals surface area contributed by atoms with Gasteiger partial charge in [-0.25, -0.2) is 0 Å². The van der Waals surface area contributed by atoms with Crippen molar-refractivity contribution in [3.63, 3.8) is 0 Å². The van der Waals surface area contributed by atoms with Crippen molar-refractivity contribution in [3.05, 3.63) is 35.9 Å². The molecule has 18 heavy (non-hydrogen) atoms. The van der Waals surface area contributed by atoms with E-state index in [-0.39, 0.29) is 5.91 Å².